The molecule has 0 radical (unpaired) electrons. The molecule has 6 nitrogen and oxygen atoms in total. The largest absolute Gasteiger partial charge is 0.481 e. The lowest BCUT2D eigenvalue weighted by Gasteiger charge is -2.11. The van der Waals surface area contributed by atoms with Crippen molar-refractivity contribution < 1.29 is 19.1 Å². The zero-order chi connectivity index (χ0) is 15.5. The smallest absolute Gasteiger partial charge is 0.339 e. The molecule has 2 aromatic rings. The van der Waals surface area contributed by atoms with Gasteiger partial charge >= 0.3 is 5.97 Å². The first kappa shape index (κ1) is 14.1. The molecule has 0 unspecified atom stereocenters. The fourth-order valence-electron chi connectivity index (χ4n) is 2.33. The lowest BCUT2D eigenvalue weighted by molar-refractivity contribution is -0.118. The van der Waals surface area contributed by atoms with Crippen LogP contribution >= 0.6 is 0 Å². The van der Waals surface area contributed by atoms with Crippen LogP contribution in [0.5, 0.6) is 5.88 Å². The number of hydrogen-bond acceptors (Lipinski definition) is 5. The maximum atomic E-state index is 12.1. The summed E-state index contributed by atoms with van der Waals surface area (Å²) in [6.07, 6.45) is 1.02. The van der Waals surface area contributed by atoms with E-state index in [-0.39, 0.29) is 18.3 Å². The number of ether oxygens (including phenoxy) is 2. The number of amides is 1. The average Bonchev–Trinajstić information content (AvgIpc) is 2.85. The van der Waals surface area contributed by atoms with Gasteiger partial charge in [-0.1, -0.05) is 18.2 Å². The Morgan fingerprint density at radius 3 is 2.86 bits per heavy atom. The summed E-state index contributed by atoms with van der Waals surface area (Å²) < 4.78 is 10.2. The number of pyridine rings is 1. The average molecular weight is 298 g/mol. The Balaban J connectivity index is 1.66. The number of fused-ring (bicyclic) bond motifs is 1. The normalized spacial score (nSPS) is 15.9. The Kier molecular flexibility index (Phi) is 3.74. The van der Waals surface area contributed by atoms with Crippen LogP contribution in [0.25, 0.3) is 0 Å². The monoisotopic (exact) mass is 298 g/mol. The third-order valence-corrected chi connectivity index (χ3v) is 3.38. The van der Waals surface area contributed by atoms with Crippen molar-refractivity contribution in [3.05, 3.63) is 53.7 Å². The van der Waals surface area contributed by atoms with Crippen molar-refractivity contribution >= 4 is 17.6 Å². The summed E-state index contributed by atoms with van der Waals surface area (Å²) in [6, 6.07) is 10.4. The molecule has 112 valence electrons. The van der Waals surface area contributed by atoms with Crippen LogP contribution in [-0.2, 0) is 9.53 Å². The van der Waals surface area contributed by atoms with E-state index in [1.807, 2.05) is 6.07 Å². The number of nitrogens with one attached hydrogen (secondary N) is 1. The Labute approximate surface area is 127 Å². The molecular formula is C16H14N2O4. The maximum absolute atomic E-state index is 12.1. The van der Waals surface area contributed by atoms with Gasteiger partial charge in [0.15, 0.2) is 0 Å². The second-order valence-corrected chi connectivity index (χ2v) is 4.82. The highest BCUT2D eigenvalue weighted by atomic mass is 16.5. The van der Waals surface area contributed by atoms with Crippen molar-refractivity contribution in [3.63, 3.8) is 0 Å². The molecule has 1 N–H and O–H groups in total. The van der Waals surface area contributed by atoms with Gasteiger partial charge in [0.05, 0.1) is 31.0 Å². The second-order valence-electron chi connectivity index (χ2n) is 4.82. The fraction of sp³-hybridized carbons (Fsp3) is 0.188. The van der Waals surface area contributed by atoms with Crippen LogP contribution in [0.3, 0.4) is 0 Å². The van der Waals surface area contributed by atoms with Crippen LogP contribution in [0.15, 0.2) is 42.6 Å². The number of hydrogen-bond donors (Lipinski definition) is 1. The summed E-state index contributed by atoms with van der Waals surface area (Å²) >= 11 is 0. The number of carbonyl (C=O) groups is 2. The Hall–Kier alpha value is -2.89. The Bertz CT molecular complexity index is 712. The SMILES string of the molecule is COc1ccc(NC(=O)C[C@H]2OC(=O)c3ccccc32)cn1. The quantitative estimate of drug-likeness (QED) is 0.877. The van der Waals surface area contributed by atoms with Gasteiger partial charge in [-0.15, -0.1) is 0 Å². The highest BCUT2D eigenvalue weighted by Crippen LogP contribution is 2.32. The molecule has 2 heterocycles. The van der Waals surface area contributed by atoms with E-state index in [0.29, 0.717) is 17.1 Å². The van der Waals surface area contributed by atoms with E-state index in [9.17, 15) is 9.59 Å². The van der Waals surface area contributed by atoms with Crippen LogP contribution in [0.1, 0.15) is 28.4 Å². The molecule has 3 rings (SSSR count). The van der Waals surface area contributed by atoms with Gasteiger partial charge in [0.1, 0.15) is 6.10 Å². The predicted octanol–water partition coefficient (Wildman–Crippen LogP) is 2.33. The van der Waals surface area contributed by atoms with E-state index in [0.717, 1.165) is 5.56 Å². The minimum atomic E-state index is -0.546. The minimum Gasteiger partial charge on any atom is -0.481 e. The third kappa shape index (κ3) is 2.76. The Morgan fingerprint density at radius 2 is 2.14 bits per heavy atom. The van der Waals surface area contributed by atoms with E-state index in [1.54, 1.807) is 30.3 Å². The van der Waals surface area contributed by atoms with Crippen LogP contribution in [-0.4, -0.2) is 24.0 Å². The van der Waals surface area contributed by atoms with Gasteiger partial charge in [0.25, 0.3) is 0 Å². The number of anilines is 1. The van der Waals surface area contributed by atoms with Crippen molar-refractivity contribution in [1.29, 1.82) is 0 Å². The van der Waals surface area contributed by atoms with E-state index in [2.05, 4.69) is 10.3 Å². The molecule has 0 bridgehead atoms. The van der Waals surface area contributed by atoms with Crippen LogP contribution in [0.4, 0.5) is 5.69 Å². The number of carbonyl (C=O) groups excluding carboxylic acids is 2. The number of rotatable bonds is 4. The lowest BCUT2D eigenvalue weighted by Crippen LogP contribution is -2.15. The number of aromatic nitrogens is 1. The second kappa shape index (κ2) is 5.85. The molecule has 22 heavy (non-hydrogen) atoms. The van der Waals surface area contributed by atoms with Gasteiger partial charge in [-0.3, -0.25) is 4.79 Å². The van der Waals surface area contributed by atoms with Crippen molar-refractivity contribution in [2.24, 2.45) is 0 Å². The van der Waals surface area contributed by atoms with Crippen LogP contribution in [0.2, 0.25) is 0 Å². The van der Waals surface area contributed by atoms with E-state index < -0.39 is 6.10 Å². The van der Waals surface area contributed by atoms with Crippen LogP contribution < -0.4 is 10.1 Å². The van der Waals surface area contributed by atoms with Crippen molar-refractivity contribution in [2.75, 3.05) is 12.4 Å². The van der Waals surface area contributed by atoms with Gasteiger partial charge in [-0.05, 0) is 12.1 Å². The molecule has 0 fully saturated rings. The molecule has 1 amide bonds. The van der Waals surface area contributed by atoms with Gasteiger partial charge in [-0.2, -0.15) is 0 Å². The van der Waals surface area contributed by atoms with Gasteiger partial charge in [-0.25, -0.2) is 9.78 Å². The summed E-state index contributed by atoms with van der Waals surface area (Å²) in [7, 11) is 1.52. The summed E-state index contributed by atoms with van der Waals surface area (Å²) in [4.78, 5) is 27.8. The third-order valence-electron chi connectivity index (χ3n) is 3.38. The first-order valence-corrected chi connectivity index (χ1v) is 6.77. The zero-order valence-electron chi connectivity index (χ0n) is 11.9. The fourth-order valence-corrected chi connectivity index (χ4v) is 2.33. The molecule has 0 spiro atoms. The molecule has 0 saturated heterocycles. The lowest BCUT2D eigenvalue weighted by atomic mass is 10.0. The zero-order valence-corrected chi connectivity index (χ0v) is 11.9. The van der Waals surface area contributed by atoms with Crippen LogP contribution in [0, 0.1) is 0 Å². The highest BCUT2D eigenvalue weighted by Gasteiger charge is 2.31. The number of esters is 1. The molecule has 1 aliphatic rings. The first-order chi connectivity index (χ1) is 10.7. The van der Waals surface area contributed by atoms with Crippen molar-refractivity contribution in [1.82, 2.24) is 4.98 Å². The predicted molar refractivity (Wildman–Crippen MR) is 78.6 cm³/mol. The molecule has 1 aromatic heterocycles. The summed E-state index contributed by atoms with van der Waals surface area (Å²) in [5.41, 5.74) is 1.82. The summed E-state index contributed by atoms with van der Waals surface area (Å²) in [5, 5.41) is 2.72. The number of methoxy groups -OCH3 is 1. The van der Waals surface area contributed by atoms with Crippen molar-refractivity contribution in [3.8, 4) is 5.88 Å². The number of cyclic esters (lactones) is 1. The molecular weight excluding hydrogens is 284 g/mol. The van der Waals surface area contributed by atoms with Gasteiger partial charge in [0.2, 0.25) is 11.8 Å². The Morgan fingerprint density at radius 1 is 1.32 bits per heavy atom. The highest BCUT2D eigenvalue weighted by molar-refractivity contribution is 5.96. The van der Waals surface area contributed by atoms with Crippen molar-refractivity contribution in [2.45, 2.75) is 12.5 Å². The molecule has 1 aliphatic heterocycles. The molecule has 0 saturated carbocycles. The summed E-state index contributed by atoms with van der Waals surface area (Å²) in [5.74, 6) is -0.169. The summed E-state index contributed by atoms with van der Waals surface area (Å²) in [6.45, 7) is 0. The molecule has 0 aliphatic carbocycles. The van der Waals surface area contributed by atoms with E-state index >= 15 is 0 Å². The molecule has 1 aromatic carbocycles. The number of benzene rings is 1. The van der Waals surface area contributed by atoms with E-state index in [1.165, 1.54) is 13.3 Å². The topological polar surface area (TPSA) is 77.5 Å². The number of nitrogens with zero attached hydrogens (tertiary/aromatic N) is 1. The standard InChI is InChI=1S/C16H14N2O4/c1-21-15-7-6-10(9-17-15)18-14(19)8-13-11-4-2-3-5-12(11)16(20)22-13/h2-7,9,13H,8H2,1H3,(H,18,19)/t13-/m1/s1. The van der Waals surface area contributed by atoms with Gasteiger partial charge < -0.3 is 14.8 Å². The first-order valence-electron chi connectivity index (χ1n) is 6.77. The molecule has 1 atom stereocenters. The molecule has 6 heteroatoms. The minimum absolute atomic E-state index is 0.0643. The maximum Gasteiger partial charge on any atom is 0.339 e. The van der Waals surface area contributed by atoms with E-state index in [4.69, 9.17) is 9.47 Å². The van der Waals surface area contributed by atoms with Gasteiger partial charge in [0, 0.05) is 11.6 Å².